The van der Waals surface area contributed by atoms with Crippen LogP contribution in [-0.2, 0) is 14.8 Å². The molecule has 0 atom stereocenters. The van der Waals surface area contributed by atoms with Crippen LogP contribution >= 0.6 is 0 Å². The molecule has 7 nitrogen and oxygen atoms in total. The smallest absolute Gasteiger partial charge is 0.325 e. The molecule has 0 spiro atoms. The van der Waals surface area contributed by atoms with E-state index >= 15 is 0 Å². The molecule has 1 fully saturated rings. The van der Waals surface area contributed by atoms with Gasteiger partial charge < -0.3 is 9.84 Å². The number of aromatic nitrogens is 1. The van der Waals surface area contributed by atoms with Crippen molar-refractivity contribution in [3.05, 3.63) is 47.5 Å². The monoisotopic (exact) mass is 446 g/mol. The number of hydrogen-bond acceptors (Lipinski definition) is 5. The van der Waals surface area contributed by atoms with Crippen LogP contribution in [0.25, 0.3) is 11.3 Å². The molecule has 0 unspecified atom stereocenters. The van der Waals surface area contributed by atoms with Gasteiger partial charge >= 0.3 is 5.97 Å². The zero-order valence-electron chi connectivity index (χ0n) is 18.5. The molecule has 1 aliphatic heterocycles. The van der Waals surface area contributed by atoms with Gasteiger partial charge in [0.15, 0.2) is 4.75 Å². The van der Waals surface area contributed by atoms with Crippen molar-refractivity contribution in [1.82, 2.24) is 9.29 Å². The number of aliphatic carboxylic acids is 1. The van der Waals surface area contributed by atoms with Gasteiger partial charge in [-0.3, -0.25) is 4.79 Å². The molecule has 31 heavy (non-hydrogen) atoms. The molecule has 3 rings (SSSR count). The van der Waals surface area contributed by atoms with Crippen molar-refractivity contribution in [2.45, 2.75) is 51.2 Å². The second-order valence-electron chi connectivity index (χ2n) is 8.36. The fourth-order valence-corrected chi connectivity index (χ4v) is 5.44. The van der Waals surface area contributed by atoms with Crippen LogP contribution in [0.15, 0.2) is 36.4 Å². The van der Waals surface area contributed by atoms with E-state index in [1.807, 2.05) is 32.0 Å². The Kier molecular flexibility index (Phi) is 6.71. The maximum atomic E-state index is 12.7. The number of ether oxygens (including phenoxy) is 1. The summed E-state index contributed by atoms with van der Waals surface area (Å²) < 4.78 is 30.5. The highest BCUT2D eigenvalue weighted by Crippen LogP contribution is 2.34. The number of nitrogens with zero attached hydrogens (tertiary/aromatic N) is 2. The van der Waals surface area contributed by atoms with Crippen LogP contribution in [0, 0.1) is 6.92 Å². The Labute approximate surface area is 184 Å². The zero-order valence-corrected chi connectivity index (χ0v) is 19.3. The molecule has 0 saturated carbocycles. The third-order valence-electron chi connectivity index (χ3n) is 5.97. The molecule has 1 saturated heterocycles. The molecule has 168 valence electrons. The van der Waals surface area contributed by atoms with Crippen molar-refractivity contribution in [3.8, 4) is 17.1 Å². The fraction of sp³-hybridized carbons (Fsp3) is 0.478. The first-order valence-corrected chi connectivity index (χ1v) is 12.0. The summed E-state index contributed by atoms with van der Waals surface area (Å²) in [4.78, 5) is 16.0. The van der Waals surface area contributed by atoms with Crippen LogP contribution in [0.1, 0.15) is 50.7 Å². The zero-order chi connectivity index (χ0) is 22.8. The summed E-state index contributed by atoms with van der Waals surface area (Å²) in [6.45, 7) is 7.66. The highest BCUT2D eigenvalue weighted by molar-refractivity contribution is 7.91. The van der Waals surface area contributed by atoms with E-state index in [2.05, 4.69) is 23.2 Å². The van der Waals surface area contributed by atoms with E-state index in [0.717, 1.165) is 22.4 Å². The first-order valence-electron chi connectivity index (χ1n) is 10.5. The quantitative estimate of drug-likeness (QED) is 0.694. The minimum absolute atomic E-state index is 0.231. The Bertz CT molecular complexity index is 1060. The van der Waals surface area contributed by atoms with Gasteiger partial charge in [0.25, 0.3) is 0 Å². The number of aryl methyl sites for hydroxylation is 1. The number of hydrogen-bond donors (Lipinski definition) is 1. The molecule has 0 amide bonds. The molecular weight excluding hydrogens is 416 g/mol. The summed E-state index contributed by atoms with van der Waals surface area (Å²) in [5.41, 5.74) is 4.15. The Morgan fingerprint density at radius 1 is 1.23 bits per heavy atom. The molecule has 0 radical (unpaired) electrons. The largest absolute Gasteiger partial charge is 0.480 e. The standard InChI is InChI=1S/C23H30N2O5S/c1-5-30-21-8-6-7-20(24-21)19-10-9-18(15-16(19)2)17-11-13-25(14-12-17)31(28,29)23(3,4)22(26)27/h6-10,15,17H,5,11-14H2,1-4H3,(H,26,27). The summed E-state index contributed by atoms with van der Waals surface area (Å²) >= 11 is 0. The molecule has 8 heteroatoms. The highest BCUT2D eigenvalue weighted by Gasteiger charge is 2.46. The first-order chi connectivity index (χ1) is 14.6. The van der Waals surface area contributed by atoms with E-state index in [1.54, 1.807) is 0 Å². The van der Waals surface area contributed by atoms with Gasteiger partial charge in [0.05, 0.1) is 12.3 Å². The Balaban J connectivity index is 1.74. The average Bonchev–Trinajstić information content (AvgIpc) is 2.74. The summed E-state index contributed by atoms with van der Waals surface area (Å²) in [7, 11) is -3.91. The highest BCUT2D eigenvalue weighted by atomic mass is 32.2. The molecular formula is C23H30N2O5S. The second-order valence-corrected chi connectivity index (χ2v) is 10.8. The van der Waals surface area contributed by atoms with Crippen molar-refractivity contribution < 1.29 is 23.1 Å². The van der Waals surface area contributed by atoms with Crippen LogP contribution in [0.5, 0.6) is 5.88 Å². The number of pyridine rings is 1. The third kappa shape index (κ3) is 4.60. The maximum Gasteiger partial charge on any atom is 0.325 e. The minimum atomic E-state index is -3.91. The van der Waals surface area contributed by atoms with E-state index < -0.39 is 20.7 Å². The van der Waals surface area contributed by atoms with Crippen LogP contribution in [0.3, 0.4) is 0 Å². The number of piperidine rings is 1. The molecule has 2 aromatic rings. The van der Waals surface area contributed by atoms with Crippen LogP contribution in [0.2, 0.25) is 0 Å². The maximum absolute atomic E-state index is 12.7. The molecule has 1 aliphatic rings. The number of carbonyl (C=O) groups is 1. The van der Waals surface area contributed by atoms with Gasteiger partial charge in [0.2, 0.25) is 15.9 Å². The number of sulfonamides is 1. The van der Waals surface area contributed by atoms with Crippen molar-refractivity contribution >= 4 is 16.0 Å². The lowest BCUT2D eigenvalue weighted by Gasteiger charge is -2.35. The Morgan fingerprint density at radius 2 is 1.90 bits per heavy atom. The lowest BCUT2D eigenvalue weighted by atomic mass is 9.88. The van der Waals surface area contributed by atoms with Gasteiger partial charge in [-0.2, -0.15) is 0 Å². The van der Waals surface area contributed by atoms with Crippen molar-refractivity contribution in [3.63, 3.8) is 0 Å². The summed E-state index contributed by atoms with van der Waals surface area (Å²) in [6, 6.07) is 12.0. The SMILES string of the molecule is CCOc1cccc(-c2ccc(C3CCN(S(=O)(=O)C(C)(C)C(=O)O)CC3)cc2C)n1. The van der Waals surface area contributed by atoms with Gasteiger partial charge in [-0.1, -0.05) is 24.3 Å². The molecule has 1 N–H and O–H groups in total. The molecule has 0 aliphatic carbocycles. The fourth-order valence-electron chi connectivity index (χ4n) is 3.88. The molecule has 2 heterocycles. The van der Waals surface area contributed by atoms with Gasteiger partial charge in [-0.05, 0) is 63.6 Å². The summed E-state index contributed by atoms with van der Waals surface area (Å²) in [5.74, 6) is -0.501. The number of benzene rings is 1. The summed E-state index contributed by atoms with van der Waals surface area (Å²) in [5, 5.41) is 9.32. The van der Waals surface area contributed by atoms with E-state index in [0.29, 0.717) is 38.4 Å². The number of carboxylic acid groups (broad SMARTS) is 1. The number of rotatable bonds is 7. The van der Waals surface area contributed by atoms with Gasteiger partial charge in [-0.15, -0.1) is 0 Å². The lowest BCUT2D eigenvalue weighted by Crippen LogP contribution is -2.51. The van der Waals surface area contributed by atoms with Crippen LogP contribution in [-0.4, -0.2) is 53.2 Å². The topological polar surface area (TPSA) is 96.8 Å². The first kappa shape index (κ1) is 23.2. The Morgan fingerprint density at radius 3 is 2.48 bits per heavy atom. The van der Waals surface area contributed by atoms with Gasteiger partial charge in [0, 0.05) is 24.7 Å². The van der Waals surface area contributed by atoms with Crippen molar-refractivity contribution in [2.75, 3.05) is 19.7 Å². The lowest BCUT2D eigenvalue weighted by molar-refractivity contribution is -0.139. The molecule has 0 bridgehead atoms. The van der Waals surface area contributed by atoms with Gasteiger partial charge in [0.1, 0.15) is 0 Å². The summed E-state index contributed by atoms with van der Waals surface area (Å²) in [6.07, 6.45) is 1.32. The predicted molar refractivity (Wildman–Crippen MR) is 120 cm³/mol. The predicted octanol–water partition coefficient (Wildman–Crippen LogP) is 3.83. The van der Waals surface area contributed by atoms with E-state index in [4.69, 9.17) is 4.74 Å². The average molecular weight is 447 g/mol. The van der Waals surface area contributed by atoms with Crippen molar-refractivity contribution in [2.24, 2.45) is 0 Å². The normalized spacial score (nSPS) is 16.3. The minimum Gasteiger partial charge on any atom is -0.480 e. The van der Waals surface area contributed by atoms with Gasteiger partial charge in [-0.25, -0.2) is 17.7 Å². The van der Waals surface area contributed by atoms with Crippen LogP contribution in [0.4, 0.5) is 0 Å². The van der Waals surface area contributed by atoms with Crippen molar-refractivity contribution in [1.29, 1.82) is 0 Å². The number of carboxylic acids is 1. The van der Waals surface area contributed by atoms with E-state index in [-0.39, 0.29) is 5.92 Å². The third-order valence-corrected chi connectivity index (χ3v) is 8.48. The Hall–Kier alpha value is -2.45. The second kappa shape index (κ2) is 8.96. The van der Waals surface area contributed by atoms with E-state index in [1.165, 1.54) is 18.2 Å². The molecule has 1 aromatic heterocycles. The molecule has 1 aromatic carbocycles. The van der Waals surface area contributed by atoms with Crippen LogP contribution < -0.4 is 4.74 Å². The van der Waals surface area contributed by atoms with E-state index in [9.17, 15) is 18.3 Å².